The summed E-state index contributed by atoms with van der Waals surface area (Å²) in [5.41, 5.74) is 0.407. The van der Waals surface area contributed by atoms with Crippen LogP contribution in [-0.4, -0.2) is 22.6 Å². The minimum atomic E-state index is 0.172. The summed E-state index contributed by atoms with van der Waals surface area (Å²) in [7, 11) is 0. The molecule has 2 N–H and O–H groups in total. The first-order valence-electron chi connectivity index (χ1n) is 6.83. The van der Waals surface area contributed by atoms with Crippen LogP contribution >= 0.6 is 12.2 Å². The largest absolute Gasteiger partial charge is 0.297 e. The van der Waals surface area contributed by atoms with Crippen molar-refractivity contribution >= 4 is 17.1 Å². The van der Waals surface area contributed by atoms with Crippen LogP contribution in [0.15, 0.2) is 0 Å². The maximum atomic E-state index is 5.63. The van der Waals surface area contributed by atoms with Crippen molar-refractivity contribution in [3.05, 3.63) is 0 Å². The molecular weight excluding hydrogens is 216 g/mol. The molecule has 2 spiro atoms. The van der Waals surface area contributed by atoms with Crippen LogP contribution in [0.4, 0.5) is 0 Å². The van der Waals surface area contributed by atoms with Gasteiger partial charge in [0.2, 0.25) is 0 Å². The Bertz CT molecular complexity index is 296. The molecule has 1 heterocycles. The molecule has 0 bridgehead atoms. The fourth-order valence-corrected chi connectivity index (χ4v) is 4.10. The summed E-state index contributed by atoms with van der Waals surface area (Å²) in [4.78, 5) is 1.29. The number of rotatable bonds is 0. The van der Waals surface area contributed by atoms with E-state index in [0.717, 1.165) is 13.0 Å². The molecule has 2 saturated carbocycles. The van der Waals surface area contributed by atoms with Gasteiger partial charge in [-0.15, -0.1) is 0 Å². The Labute approximate surface area is 104 Å². The lowest BCUT2D eigenvalue weighted by Gasteiger charge is -2.39. The molecule has 1 unspecified atom stereocenters. The van der Waals surface area contributed by atoms with Crippen molar-refractivity contribution < 1.29 is 0 Å². The third kappa shape index (κ3) is 1.73. The van der Waals surface area contributed by atoms with Gasteiger partial charge in [-0.1, -0.05) is 37.9 Å². The van der Waals surface area contributed by atoms with Crippen LogP contribution in [-0.2, 0) is 0 Å². The molecule has 0 aromatic rings. The van der Waals surface area contributed by atoms with E-state index in [2.05, 4.69) is 10.6 Å². The summed E-state index contributed by atoms with van der Waals surface area (Å²) < 4.78 is 0. The number of nitrogens with one attached hydrogen (secondary N) is 2. The molecule has 16 heavy (non-hydrogen) atoms. The van der Waals surface area contributed by atoms with E-state index in [1.807, 2.05) is 0 Å². The number of hydrogen-bond acceptors (Lipinski definition) is 3. The van der Waals surface area contributed by atoms with E-state index in [4.69, 9.17) is 12.2 Å². The lowest BCUT2D eigenvalue weighted by atomic mass is 9.81. The maximum absolute atomic E-state index is 5.63. The molecule has 3 rings (SSSR count). The second-order valence-electron chi connectivity index (χ2n) is 5.83. The van der Waals surface area contributed by atoms with Gasteiger partial charge in [0.25, 0.3) is 0 Å². The highest BCUT2D eigenvalue weighted by atomic mass is 32.1. The van der Waals surface area contributed by atoms with Gasteiger partial charge < -0.3 is 0 Å². The summed E-state index contributed by atoms with van der Waals surface area (Å²) in [6, 6.07) is 0. The third-order valence-corrected chi connectivity index (χ3v) is 5.30. The van der Waals surface area contributed by atoms with Crippen molar-refractivity contribution in [2.45, 2.75) is 69.0 Å². The Morgan fingerprint density at radius 1 is 0.938 bits per heavy atom. The Morgan fingerprint density at radius 2 is 1.69 bits per heavy atom. The van der Waals surface area contributed by atoms with E-state index in [0.29, 0.717) is 0 Å². The Balaban J connectivity index is 1.77. The molecule has 0 aromatic heterocycles. The SMILES string of the molecule is S=C1CCCCC12CNC1(CCCCC1)N2. The molecule has 3 fully saturated rings. The van der Waals surface area contributed by atoms with Crippen LogP contribution in [0.1, 0.15) is 57.8 Å². The lowest BCUT2D eigenvalue weighted by Crippen LogP contribution is -2.58. The Hall–Kier alpha value is 0.0100. The van der Waals surface area contributed by atoms with E-state index >= 15 is 0 Å². The van der Waals surface area contributed by atoms with Crippen molar-refractivity contribution in [3.63, 3.8) is 0 Å². The topological polar surface area (TPSA) is 24.1 Å². The predicted octanol–water partition coefficient (Wildman–Crippen LogP) is 2.52. The molecule has 3 aliphatic rings. The van der Waals surface area contributed by atoms with Gasteiger partial charge in [0.15, 0.2) is 0 Å². The first kappa shape index (κ1) is 11.1. The zero-order chi connectivity index (χ0) is 11.1. The second-order valence-corrected chi connectivity index (χ2v) is 6.33. The third-order valence-electron chi connectivity index (χ3n) is 4.71. The molecule has 90 valence electrons. The molecule has 2 aliphatic carbocycles. The standard InChI is InChI=1S/C13H22N2S/c16-11-6-2-5-7-12(11)10-14-13(15-12)8-3-1-4-9-13/h14-15H,1-10H2. The molecular formula is C13H22N2S. The van der Waals surface area contributed by atoms with Gasteiger partial charge >= 0.3 is 0 Å². The molecule has 1 aliphatic heterocycles. The zero-order valence-electron chi connectivity index (χ0n) is 9.98. The first-order chi connectivity index (χ1) is 7.75. The van der Waals surface area contributed by atoms with Crippen LogP contribution in [0, 0.1) is 0 Å². The highest BCUT2D eigenvalue weighted by Gasteiger charge is 2.49. The molecule has 3 heteroatoms. The van der Waals surface area contributed by atoms with Gasteiger partial charge in [-0.25, -0.2) is 0 Å². The molecule has 0 radical (unpaired) electrons. The highest BCUT2D eigenvalue weighted by molar-refractivity contribution is 7.80. The van der Waals surface area contributed by atoms with Gasteiger partial charge in [-0.2, -0.15) is 0 Å². The van der Waals surface area contributed by atoms with E-state index in [1.165, 1.54) is 56.2 Å². The van der Waals surface area contributed by atoms with Crippen molar-refractivity contribution in [1.82, 2.24) is 10.6 Å². The molecule has 1 saturated heterocycles. The quantitative estimate of drug-likeness (QED) is 0.634. The highest BCUT2D eigenvalue weighted by Crippen LogP contribution is 2.37. The van der Waals surface area contributed by atoms with Gasteiger partial charge in [0, 0.05) is 11.4 Å². The van der Waals surface area contributed by atoms with E-state index in [9.17, 15) is 0 Å². The molecule has 0 aromatic carbocycles. The fourth-order valence-electron chi connectivity index (χ4n) is 3.73. The average molecular weight is 238 g/mol. The minimum absolute atomic E-state index is 0.172. The second kappa shape index (κ2) is 4.04. The van der Waals surface area contributed by atoms with Gasteiger partial charge in [-0.3, -0.25) is 10.6 Å². The average Bonchev–Trinajstić information content (AvgIpc) is 2.65. The monoisotopic (exact) mass is 238 g/mol. The van der Waals surface area contributed by atoms with Crippen molar-refractivity contribution in [1.29, 1.82) is 0 Å². The van der Waals surface area contributed by atoms with E-state index in [1.54, 1.807) is 0 Å². The summed E-state index contributed by atoms with van der Waals surface area (Å²) in [6.07, 6.45) is 11.8. The van der Waals surface area contributed by atoms with Crippen LogP contribution in [0.3, 0.4) is 0 Å². The predicted molar refractivity (Wildman–Crippen MR) is 70.8 cm³/mol. The van der Waals surface area contributed by atoms with Crippen molar-refractivity contribution in [2.24, 2.45) is 0 Å². The molecule has 1 atom stereocenters. The fraction of sp³-hybridized carbons (Fsp3) is 0.923. The number of hydrogen-bond donors (Lipinski definition) is 2. The first-order valence-corrected chi connectivity index (χ1v) is 7.23. The smallest absolute Gasteiger partial charge is 0.0695 e. The van der Waals surface area contributed by atoms with E-state index in [-0.39, 0.29) is 11.2 Å². The van der Waals surface area contributed by atoms with Gasteiger partial charge in [0.1, 0.15) is 0 Å². The van der Waals surface area contributed by atoms with Crippen molar-refractivity contribution in [2.75, 3.05) is 6.54 Å². The Morgan fingerprint density at radius 3 is 2.44 bits per heavy atom. The molecule has 2 nitrogen and oxygen atoms in total. The summed E-state index contributed by atoms with van der Waals surface area (Å²) in [5, 5.41) is 7.68. The zero-order valence-corrected chi connectivity index (χ0v) is 10.8. The summed E-state index contributed by atoms with van der Waals surface area (Å²) >= 11 is 5.63. The minimum Gasteiger partial charge on any atom is -0.297 e. The maximum Gasteiger partial charge on any atom is 0.0695 e. The summed E-state index contributed by atoms with van der Waals surface area (Å²) in [5.74, 6) is 0. The number of thiocarbonyl (C=S) groups is 1. The summed E-state index contributed by atoms with van der Waals surface area (Å²) in [6.45, 7) is 1.08. The molecule has 0 amide bonds. The van der Waals surface area contributed by atoms with Crippen LogP contribution in [0.25, 0.3) is 0 Å². The van der Waals surface area contributed by atoms with Crippen LogP contribution in [0.5, 0.6) is 0 Å². The van der Waals surface area contributed by atoms with Gasteiger partial charge in [0.05, 0.1) is 11.2 Å². The van der Waals surface area contributed by atoms with Crippen LogP contribution in [0.2, 0.25) is 0 Å². The van der Waals surface area contributed by atoms with Gasteiger partial charge in [-0.05, 0) is 32.1 Å². The van der Waals surface area contributed by atoms with Crippen molar-refractivity contribution in [3.8, 4) is 0 Å². The van der Waals surface area contributed by atoms with Crippen LogP contribution < -0.4 is 10.6 Å². The van der Waals surface area contributed by atoms with E-state index < -0.39 is 0 Å². The normalized spacial score (nSPS) is 38.4. The Kier molecular flexibility index (Phi) is 2.81. The lowest BCUT2D eigenvalue weighted by molar-refractivity contribution is 0.216.